The van der Waals surface area contributed by atoms with Gasteiger partial charge < -0.3 is 14.8 Å². The number of benzene rings is 2. The third-order valence-electron chi connectivity index (χ3n) is 4.01. The molecule has 0 radical (unpaired) electrons. The van der Waals surface area contributed by atoms with Gasteiger partial charge in [-0.3, -0.25) is 9.78 Å². The van der Waals surface area contributed by atoms with Crippen LogP contribution in [0.1, 0.15) is 29.8 Å². The maximum atomic E-state index is 13.7. The Balaban J connectivity index is 0.00000109. The first-order valence-electron chi connectivity index (χ1n) is 8.90. The van der Waals surface area contributed by atoms with Crippen LogP contribution in [-0.2, 0) is 0 Å². The van der Waals surface area contributed by atoms with Crippen molar-refractivity contribution >= 4 is 11.7 Å². The van der Waals surface area contributed by atoms with Gasteiger partial charge in [-0.1, -0.05) is 26.0 Å². The van der Waals surface area contributed by atoms with Crippen LogP contribution >= 0.6 is 0 Å². The number of nitrogens with one attached hydrogen (secondary N) is 1. The van der Waals surface area contributed by atoms with E-state index in [1.807, 2.05) is 32.9 Å². The Morgan fingerprint density at radius 3 is 2.46 bits per heavy atom. The third-order valence-corrected chi connectivity index (χ3v) is 4.01. The lowest BCUT2D eigenvalue weighted by Gasteiger charge is -2.08. The normalized spacial score (nSPS) is 11.4. The maximum absolute atomic E-state index is 13.7. The third kappa shape index (κ3) is 3.93. The van der Waals surface area contributed by atoms with Gasteiger partial charge in [0.15, 0.2) is 17.3 Å². The number of ether oxygens (including phenoxy) is 2. The van der Waals surface area contributed by atoms with E-state index in [0.29, 0.717) is 17.2 Å². The summed E-state index contributed by atoms with van der Waals surface area (Å²) in [5.74, 6) is 0.424. The fourth-order valence-electron chi connectivity index (χ4n) is 2.68. The molecule has 0 bridgehead atoms. The second-order valence-electron chi connectivity index (χ2n) is 5.74. The summed E-state index contributed by atoms with van der Waals surface area (Å²) in [4.78, 5) is 20.7. The number of halogens is 1. The zero-order chi connectivity index (χ0) is 20.1. The fraction of sp³-hybridized carbons (Fsp3) is 0.190. The summed E-state index contributed by atoms with van der Waals surface area (Å²) in [5, 5.41) is 2.54. The van der Waals surface area contributed by atoms with E-state index in [2.05, 4.69) is 15.3 Å². The van der Waals surface area contributed by atoms with Crippen molar-refractivity contribution in [2.24, 2.45) is 0 Å². The Morgan fingerprint density at radius 2 is 1.79 bits per heavy atom. The molecule has 0 atom stereocenters. The number of carbonyl (C=O) groups excluding carboxylic acids is 1. The average molecular weight is 381 g/mol. The van der Waals surface area contributed by atoms with Crippen molar-refractivity contribution in [2.75, 3.05) is 12.1 Å². The first kappa shape index (κ1) is 19.3. The van der Waals surface area contributed by atoms with Gasteiger partial charge in [-0.05, 0) is 36.8 Å². The Bertz CT molecular complexity index is 991. The number of rotatable bonds is 3. The molecule has 1 aliphatic heterocycles. The molecule has 0 fully saturated rings. The number of aryl methyl sites for hydroxylation is 1. The van der Waals surface area contributed by atoms with Crippen LogP contribution in [0.4, 0.5) is 10.2 Å². The molecule has 6 nitrogen and oxygen atoms in total. The highest BCUT2D eigenvalue weighted by Crippen LogP contribution is 2.37. The van der Waals surface area contributed by atoms with Gasteiger partial charge in [-0.2, -0.15) is 0 Å². The predicted molar refractivity (Wildman–Crippen MR) is 104 cm³/mol. The minimum absolute atomic E-state index is 0.0509. The second kappa shape index (κ2) is 8.47. The van der Waals surface area contributed by atoms with E-state index in [1.165, 1.54) is 24.4 Å². The molecule has 2 heterocycles. The van der Waals surface area contributed by atoms with Gasteiger partial charge in [0.25, 0.3) is 5.91 Å². The molecule has 0 aliphatic carbocycles. The van der Waals surface area contributed by atoms with Crippen molar-refractivity contribution in [3.8, 4) is 22.8 Å². The molecule has 28 heavy (non-hydrogen) atoms. The highest BCUT2D eigenvalue weighted by molar-refractivity contribution is 6.03. The van der Waals surface area contributed by atoms with E-state index in [0.717, 1.165) is 11.1 Å². The molecule has 1 aliphatic rings. The van der Waals surface area contributed by atoms with E-state index in [1.54, 1.807) is 12.3 Å². The molecule has 1 amide bonds. The average Bonchev–Trinajstić information content (AvgIpc) is 3.17. The summed E-state index contributed by atoms with van der Waals surface area (Å²) in [6, 6.07) is 9.48. The van der Waals surface area contributed by atoms with Crippen molar-refractivity contribution in [2.45, 2.75) is 20.8 Å². The number of hydrogen-bond acceptors (Lipinski definition) is 5. The zero-order valence-electron chi connectivity index (χ0n) is 15.8. The van der Waals surface area contributed by atoms with Gasteiger partial charge in [0.2, 0.25) is 6.79 Å². The van der Waals surface area contributed by atoms with Gasteiger partial charge in [0, 0.05) is 5.56 Å². The Kier molecular flexibility index (Phi) is 5.84. The summed E-state index contributed by atoms with van der Waals surface area (Å²) < 4.78 is 24.4. The number of anilines is 1. The van der Waals surface area contributed by atoms with Crippen LogP contribution in [0.3, 0.4) is 0 Å². The summed E-state index contributed by atoms with van der Waals surface area (Å²) in [5.41, 5.74) is 2.40. The fourth-order valence-corrected chi connectivity index (χ4v) is 2.68. The zero-order valence-corrected chi connectivity index (χ0v) is 15.8. The summed E-state index contributed by atoms with van der Waals surface area (Å²) in [6.07, 6.45) is 2.97. The van der Waals surface area contributed by atoms with E-state index < -0.39 is 11.7 Å². The first-order chi connectivity index (χ1) is 13.6. The van der Waals surface area contributed by atoms with E-state index in [9.17, 15) is 9.18 Å². The molecular weight excluding hydrogens is 361 g/mol. The number of fused-ring (bicyclic) bond motifs is 1. The predicted octanol–water partition coefficient (Wildman–Crippen LogP) is 4.60. The van der Waals surface area contributed by atoms with Crippen molar-refractivity contribution in [3.63, 3.8) is 0 Å². The minimum Gasteiger partial charge on any atom is -0.454 e. The minimum atomic E-state index is -0.592. The highest BCUT2D eigenvalue weighted by Gasteiger charge is 2.17. The Hall–Kier alpha value is -3.48. The van der Waals surface area contributed by atoms with Crippen LogP contribution in [-0.4, -0.2) is 22.7 Å². The molecule has 3 aromatic rings. The summed E-state index contributed by atoms with van der Waals surface area (Å²) >= 11 is 0. The van der Waals surface area contributed by atoms with Gasteiger partial charge in [-0.25, -0.2) is 9.37 Å². The number of amides is 1. The van der Waals surface area contributed by atoms with Gasteiger partial charge in [-0.15, -0.1) is 0 Å². The van der Waals surface area contributed by atoms with E-state index in [-0.39, 0.29) is 18.2 Å². The molecule has 4 rings (SSSR count). The van der Waals surface area contributed by atoms with Gasteiger partial charge in [0.1, 0.15) is 5.82 Å². The van der Waals surface area contributed by atoms with Crippen LogP contribution in [0.5, 0.6) is 11.5 Å². The first-order valence-corrected chi connectivity index (χ1v) is 8.90. The van der Waals surface area contributed by atoms with Crippen LogP contribution in [0, 0.1) is 12.7 Å². The van der Waals surface area contributed by atoms with E-state index in [4.69, 9.17) is 9.47 Å². The van der Waals surface area contributed by atoms with Crippen molar-refractivity contribution in [1.82, 2.24) is 9.97 Å². The molecular formula is C21H20FN3O3. The molecule has 0 unspecified atom stereocenters. The topological polar surface area (TPSA) is 73.3 Å². The molecule has 144 valence electrons. The molecule has 0 spiro atoms. The summed E-state index contributed by atoms with van der Waals surface area (Å²) in [6.45, 7) is 6.14. The Labute approximate surface area is 162 Å². The Morgan fingerprint density at radius 1 is 1.07 bits per heavy atom. The van der Waals surface area contributed by atoms with Crippen LogP contribution in [0.15, 0.2) is 48.8 Å². The smallest absolute Gasteiger partial charge is 0.259 e. The van der Waals surface area contributed by atoms with Gasteiger partial charge >= 0.3 is 0 Å². The van der Waals surface area contributed by atoms with E-state index >= 15 is 0 Å². The molecule has 0 saturated heterocycles. The molecule has 0 saturated carbocycles. The SMILES string of the molecule is CC.Cc1cc2c(cc1-c1cnc(NC(=O)c3ccccc3F)cn1)OCO2. The lowest BCUT2D eigenvalue weighted by Crippen LogP contribution is -2.14. The van der Waals surface area contributed by atoms with Crippen molar-refractivity contribution < 1.29 is 18.7 Å². The van der Waals surface area contributed by atoms with Crippen molar-refractivity contribution in [3.05, 3.63) is 65.7 Å². The number of nitrogens with zero attached hydrogens (tertiary/aromatic N) is 2. The number of aromatic nitrogens is 2. The lowest BCUT2D eigenvalue weighted by atomic mass is 10.1. The molecule has 1 aromatic heterocycles. The summed E-state index contributed by atoms with van der Waals surface area (Å²) in [7, 11) is 0. The van der Waals surface area contributed by atoms with Gasteiger partial charge in [0.05, 0.1) is 23.7 Å². The van der Waals surface area contributed by atoms with Crippen LogP contribution in [0.25, 0.3) is 11.3 Å². The molecule has 2 aromatic carbocycles. The quantitative estimate of drug-likeness (QED) is 0.718. The van der Waals surface area contributed by atoms with Crippen molar-refractivity contribution in [1.29, 1.82) is 0 Å². The molecule has 7 heteroatoms. The monoisotopic (exact) mass is 381 g/mol. The lowest BCUT2D eigenvalue weighted by molar-refractivity contribution is 0.102. The largest absolute Gasteiger partial charge is 0.454 e. The second-order valence-corrected chi connectivity index (χ2v) is 5.74. The van der Waals surface area contributed by atoms with Crippen LogP contribution in [0.2, 0.25) is 0 Å². The number of carbonyl (C=O) groups is 1. The molecule has 1 N–H and O–H groups in total. The maximum Gasteiger partial charge on any atom is 0.259 e. The number of hydrogen-bond donors (Lipinski definition) is 1. The van der Waals surface area contributed by atoms with Crippen LogP contribution < -0.4 is 14.8 Å². The standard InChI is InChI=1S/C19H14FN3O3.C2H6/c1-11-6-16-17(26-10-25-16)7-13(11)15-8-22-18(9-21-15)23-19(24)12-4-2-3-5-14(12)20;1-2/h2-9H,10H2,1H3,(H,22,23,24);1-2H3. The highest BCUT2D eigenvalue weighted by atomic mass is 19.1.